The number of hydrogen-bond donors (Lipinski definition) is 1. The Bertz CT molecular complexity index is 609. The molecule has 0 spiro atoms. The van der Waals surface area contributed by atoms with Crippen LogP contribution in [0.15, 0.2) is 40.8 Å². The van der Waals surface area contributed by atoms with E-state index in [2.05, 4.69) is 5.32 Å². The van der Waals surface area contributed by atoms with Gasteiger partial charge in [-0.2, -0.15) is 0 Å². The lowest BCUT2D eigenvalue weighted by Gasteiger charge is -2.21. The molecule has 2 heterocycles. The van der Waals surface area contributed by atoms with Crippen LogP contribution in [-0.4, -0.2) is 19.0 Å². The first-order valence-corrected chi connectivity index (χ1v) is 6.53. The number of benzene rings is 1. The van der Waals surface area contributed by atoms with Crippen LogP contribution in [0.3, 0.4) is 0 Å². The fraction of sp³-hybridized carbons (Fsp3) is 0.214. The molecule has 5 heteroatoms. The van der Waals surface area contributed by atoms with Gasteiger partial charge in [-0.15, -0.1) is 0 Å². The Morgan fingerprint density at radius 3 is 2.89 bits per heavy atom. The van der Waals surface area contributed by atoms with Crippen molar-refractivity contribution in [3.05, 3.63) is 47.4 Å². The van der Waals surface area contributed by atoms with Crippen molar-refractivity contribution < 1.29 is 9.21 Å². The van der Waals surface area contributed by atoms with Crippen molar-refractivity contribution in [2.24, 2.45) is 0 Å². The molecule has 2 aromatic rings. The Balaban J connectivity index is 1.98. The van der Waals surface area contributed by atoms with Crippen molar-refractivity contribution in [3.63, 3.8) is 0 Å². The molecule has 0 radical (unpaired) electrons. The van der Waals surface area contributed by atoms with Crippen LogP contribution in [0.25, 0.3) is 0 Å². The lowest BCUT2D eigenvalue weighted by Crippen LogP contribution is -2.31. The maximum absolute atomic E-state index is 12.5. The fourth-order valence-corrected chi connectivity index (χ4v) is 2.36. The zero-order valence-electron chi connectivity index (χ0n) is 10.2. The van der Waals surface area contributed by atoms with Gasteiger partial charge in [-0.25, -0.2) is 0 Å². The maximum Gasteiger partial charge on any atom is 0.294 e. The molecule has 4 nitrogen and oxygen atoms in total. The van der Waals surface area contributed by atoms with Gasteiger partial charge in [0.2, 0.25) is 0 Å². The SMILES string of the molecule is O=C(c1ccc(Cl)o1)N1CCCNc2ccccc21. The predicted octanol–water partition coefficient (Wildman–Crippen LogP) is 3.40. The predicted molar refractivity (Wildman–Crippen MR) is 74.9 cm³/mol. The summed E-state index contributed by atoms with van der Waals surface area (Å²) in [6.07, 6.45) is 0.884. The highest BCUT2D eigenvalue weighted by molar-refractivity contribution is 6.29. The lowest BCUT2D eigenvalue weighted by molar-refractivity contribution is 0.0960. The smallest absolute Gasteiger partial charge is 0.294 e. The lowest BCUT2D eigenvalue weighted by atomic mass is 10.2. The van der Waals surface area contributed by atoms with E-state index in [0.717, 1.165) is 24.3 Å². The Labute approximate surface area is 116 Å². The van der Waals surface area contributed by atoms with Crippen LogP contribution in [0.1, 0.15) is 17.0 Å². The Kier molecular flexibility index (Phi) is 3.17. The topological polar surface area (TPSA) is 45.5 Å². The third kappa shape index (κ3) is 2.31. The minimum Gasteiger partial charge on any atom is -0.440 e. The monoisotopic (exact) mass is 276 g/mol. The van der Waals surface area contributed by atoms with E-state index in [-0.39, 0.29) is 16.9 Å². The standard InChI is InChI=1S/C14H13ClN2O2/c15-13-7-6-12(19-13)14(18)17-9-3-8-16-10-4-1-2-5-11(10)17/h1-2,4-7,16H,3,8-9H2. The average Bonchev–Trinajstić information content (AvgIpc) is 2.74. The largest absolute Gasteiger partial charge is 0.440 e. The number of amides is 1. The number of nitrogens with zero attached hydrogens (tertiary/aromatic N) is 1. The fourth-order valence-electron chi connectivity index (χ4n) is 2.21. The Morgan fingerprint density at radius 2 is 2.11 bits per heavy atom. The average molecular weight is 277 g/mol. The van der Waals surface area contributed by atoms with Crippen LogP contribution in [0, 0.1) is 0 Å². The second-order valence-corrected chi connectivity index (χ2v) is 4.73. The number of hydrogen-bond acceptors (Lipinski definition) is 3. The molecule has 1 aromatic heterocycles. The molecular formula is C14H13ClN2O2. The van der Waals surface area contributed by atoms with E-state index in [1.807, 2.05) is 24.3 Å². The van der Waals surface area contributed by atoms with E-state index >= 15 is 0 Å². The number of fused-ring (bicyclic) bond motifs is 1. The molecule has 19 heavy (non-hydrogen) atoms. The molecular weight excluding hydrogens is 264 g/mol. The van der Waals surface area contributed by atoms with Crippen LogP contribution >= 0.6 is 11.6 Å². The molecule has 0 atom stereocenters. The third-order valence-corrected chi connectivity index (χ3v) is 3.30. The number of rotatable bonds is 1. The van der Waals surface area contributed by atoms with Gasteiger partial charge >= 0.3 is 0 Å². The van der Waals surface area contributed by atoms with Gasteiger partial charge in [0.25, 0.3) is 5.91 Å². The quantitative estimate of drug-likeness (QED) is 0.868. The molecule has 0 fully saturated rings. The van der Waals surface area contributed by atoms with E-state index in [1.165, 1.54) is 0 Å². The number of anilines is 2. The summed E-state index contributed by atoms with van der Waals surface area (Å²) in [4.78, 5) is 14.2. The van der Waals surface area contributed by atoms with Crippen molar-refractivity contribution in [2.45, 2.75) is 6.42 Å². The summed E-state index contributed by atoms with van der Waals surface area (Å²) in [5, 5.41) is 3.54. The van der Waals surface area contributed by atoms with E-state index in [0.29, 0.717) is 6.54 Å². The summed E-state index contributed by atoms with van der Waals surface area (Å²) in [5.74, 6) is 0.102. The van der Waals surface area contributed by atoms with Crippen molar-refractivity contribution >= 4 is 28.9 Å². The van der Waals surface area contributed by atoms with Gasteiger partial charge in [0, 0.05) is 13.1 Å². The second-order valence-electron chi connectivity index (χ2n) is 4.36. The molecule has 1 amide bonds. The first-order valence-electron chi connectivity index (χ1n) is 6.16. The summed E-state index contributed by atoms with van der Waals surface area (Å²) in [6.45, 7) is 1.50. The van der Waals surface area contributed by atoms with E-state index in [4.69, 9.17) is 16.0 Å². The first kappa shape index (κ1) is 12.1. The summed E-state index contributed by atoms with van der Waals surface area (Å²) in [7, 11) is 0. The molecule has 1 N–H and O–H groups in total. The van der Waals surface area contributed by atoms with Crippen molar-refractivity contribution in [3.8, 4) is 0 Å². The minimum atomic E-state index is -0.164. The van der Waals surface area contributed by atoms with Crippen LogP contribution in [0.2, 0.25) is 5.22 Å². The highest BCUT2D eigenvalue weighted by Crippen LogP contribution is 2.29. The molecule has 0 aliphatic carbocycles. The molecule has 98 valence electrons. The maximum atomic E-state index is 12.5. The van der Waals surface area contributed by atoms with Gasteiger partial charge in [-0.1, -0.05) is 12.1 Å². The zero-order chi connectivity index (χ0) is 13.2. The molecule has 0 saturated carbocycles. The summed E-state index contributed by atoms with van der Waals surface area (Å²) < 4.78 is 5.21. The van der Waals surface area contributed by atoms with Crippen LogP contribution < -0.4 is 10.2 Å². The molecule has 1 aromatic carbocycles. The molecule has 3 rings (SSSR count). The highest BCUT2D eigenvalue weighted by Gasteiger charge is 2.24. The van der Waals surface area contributed by atoms with Crippen LogP contribution in [0.5, 0.6) is 0 Å². The van der Waals surface area contributed by atoms with Gasteiger partial charge in [-0.3, -0.25) is 4.79 Å². The van der Waals surface area contributed by atoms with Gasteiger partial charge < -0.3 is 14.6 Å². The molecule has 0 saturated heterocycles. The zero-order valence-corrected chi connectivity index (χ0v) is 11.0. The number of para-hydroxylation sites is 2. The summed E-state index contributed by atoms with van der Waals surface area (Å²) >= 11 is 5.73. The number of nitrogens with one attached hydrogen (secondary N) is 1. The van der Waals surface area contributed by atoms with Crippen molar-refractivity contribution in [2.75, 3.05) is 23.3 Å². The van der Waals surface area contributed by atoms with E-state index in [9.17, 15) is 4.79 Å². The third-order valence-electron chi connectivity index (χ3n) is 3.10. The van der Waals surface area contributed by atoms with Gasteiger partial charge in [-0.05, 0) is 42.3 Å². The molecule has 1 aliphatic heterocycles. The number of carbonyl (C=O) groups is 1. The molecule has 0 unspecified atom stereocenters. The van der Waals surface area contributed by atoms with E-state index in [1.54, 1.807) is 17.0 Å². The van der Waals surface area contributed by atoms with Gasteiger partial charge in [0.1, 0.15) is 0 Å². The van der Waals surface area contributed by atoms with Crippen molar-refractivity contribution in [1.82, 2.24) is 0 Å². The van der Waals surface area contributed by atoms with Gasteiger partial charge in [0.05, 0.1) is 11.4 Å². The second kappa shape index (κ2) is 4.97. The number of carbonyl (C=O) groups excluding carboxylic acids is 1. The summed E-state index contributed by atoms with van der Waals surface area (Å²) in [5.41, 5.74) is 1.84. The van der Waals surface area contributed by atoms with Crippen molar-refractivity contribution in [1.29, 1.82) is 0 Å². The van der Waals surface area contributed by atoms with Crippen LogP contribution in [-0.2, 0) is 0 Å². The normalized spacial score (nSPS) is 14.5. The van der Waals surface area contributed by atoms with Gasteiger partial charge in [0.15, 0.2) is 11.0 Å². The van der Waals surface area contributed by atoms with E-state index < -0.39 is 0 Å². The Hall–Kier alpha value is -1.94. The first-order chi connectivity index (χ1) is 9.25. The molecule has 1 aliphatic rings. The summed E-state index contributed by atoms with van der Waals surface area (Å²) in [6, 6.07) is 10.9. The molecule has 0 bridgehead atoms. The highest BCUT2D eigenvalue weighted by atomic mass is 35.5. The van der Waals surface area contributed by atoms with Crippen LogP contribution in [0.4, 0.5) is 11.4 Å². The minimum absolute atomic E-state index is 0.164. The number of halogens is 1. The number of furan rings is 1. The Morgan fingerprint density at radius 1 is 1.26 bits per heavy atom.